The molecule has 0 radical (unpaired) electrons. The van der Waals surface area contributed by atoms with Gasteiger partial charge < -0.3 is 19.9 Å². The molecule has 0 atom stereocenters. The van der Waals surface area contributed by atoms with Crippen LogP contribution in [0, 0.1) is 6.92 Å². The van der Waals surface area contributed by atoms with Gasteiger partial charge in [-0.05, 0) is 42.8 Å². The molecule has 0 aliphatic heterocycles. The second-order valence-electron chi connectivity index (χ2n) is 6.08. The van der Waals surface area contributed by atoms with E-state index in [-0.39, 0.29) is 17.0 Å². The lowest BCUT2D eigenvalue weighted by atomic mass is 10.2. The first-order valence-corrected chi connectivity index (χ1v) is 8.38. The van der Waals surface area contributed by atoms with Crippen LogP contribution in [0.4, 0.5) is 11.4 Å². The molecule has 8 nitrogen and oxygen atoms in total. The van der Waals surface area contributed by atoms with Crippen molar-refractivity contribution in [2.75, 3.05) is 12.4 Å². The van der Waals surface area contributed by atoms with Crippen LogP contribution in [0.1, 0.15) is 15.9 Å². The number of hydrogen-bond donors (Lipinski definition) is 2. The zero-order valence-corrected chi connectivity index (χ0v) is 15.6. The fraction of sp³-hybridized carbons (Fsp3) is 0.150. The molecule has 0 amide bonds. The molecule has 3 aromatic rings. The van der Waals surface area contributed by atoms with Crippen molar-refractivity contribution in [3.05, 3.63) is 70.1 Å². The molecule has 144 valence electrons. The summed E-state index contributed by atoms with van der Waals surface area (Å²) in [6.07, 6.45) is 1.41. The summed E-state index contributed by atoms with van der Waals surface area (Å²) in [4.78, 5) is 23.8. The highest BCUT2D eigenvalue weighted by Gasteiger charge is 2.15. The normalized spacial score (nSPS) is 10.4. The van der Waals surface area contributed by atoms with Gasteiger partial charge in [0.05, 0.1) is 18.9 Å². The van der Waals surface area contributed by atoms with E-state index >= 15 is 0 Å². The van der Waals surface area contributed by atoms with Crippen molar-refractivity contribution in [2.45, 2.75) is 6.92 Å². The largest absolute Gasteiger partial charge is 0.493 e. The number of hydrogen-bond acceptors (Lipinski definition) is 6. The van der Waals surface area contributed by atoms with E-state index in [1.54, 1.807) is 18.2 Å². The lowest BCUT2D eigenvalue weighted by Gasteiger charge is -2.15. The predicted molar refractivity (Wildman–Crippen MR) is 104 cm³/mol. The van der Waals surface area contributed by atoms with Crippen LogP contribution in [0.25, 0.3) is 0 Å². The maximum atomic E-state index is 12.6. The Bertz CT molecular complexity index is 1090. The minimum absolute atomic E-state index is 0.0959. The molecular formula is C20H19N3O5. The number of benzene rings is 2. The van der Waals surface area contributed by atoms with Crippen LogP contribution in [0.15, 0.2) is 53.5 Å². The van der Waals surface area contributed by atoms with Gasteiger partial charge in [-0.2, -0.15) is 5.10 Å². The number of aryl methyl sites for hydroxylation is 2. The molecule has 0 spiro atoms. The summed E-state index contributed by atoms with van der Waals surface area (Å²) in [7, 11) is 3.04. The van der Waals surface area contributed by atoms with Crippen molar-refractivity contribution in [3.8, 4) is 17.2 Å². The van der Waals surface area contributed by atoms with E-state index < -0.39 is 11.5 Å². The fourth-order valence-electron chi connectivity index (χ4n) is 2.57. The molecule has 28 heavy (non-hydrogen) atoms. The number of aromatic nitrogens is 2. The Balaban J connectivity index is 2.02. The fourth-order valence-corrected chi connectivity index (χ4v) is 2.57. The van der Waals surface area contributed by atoms with Crippen molar-refractivity contribution < 1.29 is 19.4 Å². The van der Waals surface area contributed by atoms with E-state index in [9.17, 15) is 9.59 Å². The molecule has 2 aromatic carbocycles. The molecule has 2 N–H and O–H groups in total. The highest BCUT2D eigenvalue weighted by Crippen LogP contribution is 2.35. The third kappa shape index (κ3) is 3.96. The highest BCUT2D eigenvalue weighted by molar-refractivity contribution is 5.89. The van der Waals surface area contributed by atoms with Crippen molar-refractivity contribution in [1.82, 2.24) is 9.78 Å². The Morgan fingerprint density at radius 1 is 1.14 bits per heavy atom. The molecule has 3 rings (SSSR count). The van der Waals surface area contributed by atoms with E-state index in [1.165, 1.54) is 32.5 Å². The minimum Gasteiger partial charge on any atom is -0.493 e. The SMILES string of the molecule is COc1cc(C)ccc1Oc1cnn(C)c(=O)c1Nc1cccc(C(=O)O)c1. The van der Waals surface area contributed by atoms with Gasteiger partial charge in [-0.25, -0.2) is 9.48 Å². The van der Waals surface area contributed by atoms with Gasteiger partial charge in [-0.3, -0.25) is 4.79 Å². The Labute approximate surface area is 161 Å². The van der Waals surface area contributed by atoms with E-state index in [0.717, 1.165) is 10.2 Å². The maximum absolute atomic E-state index is 12.6. The van der Waals surface area contributed by atoms with Gasteiger partial charge in [-0.15, -0.1) is 0 Å². The average Bonchev–Trinajstić information content (AvgIpc) is 2.68. The molecule has 0 saturated heterocycles. The zero-order valence-electron chi connectivity index (χ0n) is 15.6. The number of carbonyl (C=O) groups is 1. The Kier molecular flexibility index (Phi) is 5.30. The highest BCUT2D eigenvalue weighted by atomic mass is 16.5. The van der Waals surface area contributed by atoms with Gasteiger partial charge in [0.1, 0.15) is 0 Å². The van der Waals surface area contributed by atoms with Crippen molar-refractivity contribution >= 4 is 17.3 Å². The first-order chi connectivity index (χ1) is 13.4. The summed E-state index contributed by atoms with van der Waals surface area (Å²) < 4.78 is 12.4. The van der Waals surface area contributed by atoms with Crippen LogP contribution in [0.2, 0.25) is 0 Å². The number of aromatic carboxylic acids is 1. The predicted octanol–water partition coefficient (Wildman–Crippen LogP) is 3.33. The summed E-state index contributed by atoms with van der Waals surface area (Å²) >= 11 is 0. The van der Waals surface area contributed by atoms with Gasteiger partial charge in [0.15, 0.2) is 22.9 Å². The third-order valence-corrected chi connectivity index (χ3v) is 4.02. The van der Waals surface area contributed by atoms with Gasteiger partial charge in [0.2, 0.25) is 0 Å². The zero-order chi connectivity index (χ0) is 20.3. The van der Waals surface area contributed by atoms with Crippen molar-refractivity contribution in [1.29, 1.82) is 0 Å². The lowest BCUT2D eigenvalue weighted by molar-refractivity contribution is 0.0697. The molecule has 1 heterocycles. The number of nitrogens with one attached hydrogen (secondary N) is 1. The smallest absolute Gasteiger partial charge is 0.335 e. The third-order valence-electron chi connectivity index (χ3n) is 4.02. The van der Waals surface area contributed by atoms with Crippen LogP contribution in [0.5, 0.6) is 17.2 Å². The second kappa shape index (κ2) is 7.83. The van der Waals surface area contributed by atoms with E-state index in [4.69, 9.17) is 14.6 Å². The molecule has 1 aromatic heterocycles. The molecule has 8 heteroatoms. The van der Waals surface area contributed by atoms with Crippen LogP contribution in [0.3, 0.4) is 0 Å². The molecule has 0 aliphatic rings. The summed E-state index contributed by atoms with van der Waals surface area (Å²) in [5.74, 6) is 0.0584. The topological polar surface area (TPSA) is 103 Å². The van der Waals surface area contributed by atoms with E-state index in [0.29, 0.717) is 17.2 Å². The first-order valence-electron chi connectivity index (χ1n) is 8.38. The van der Waals surface area contributed by atoms with Crippen LogP contribution >= 0.6 is 0 Å². The van der Waals surface area contributed by atoms with Crippen LogP contribution in [-0.2, 0) is 7.05 Å². The van der Waals surface area contributed by atoms with Gasteiger partial charge in [-0.1, -0.05) is 12.1 Å². The lowest BCUT2D eigenvalue weighted by Crippen LogP contribution is -2.22. The monoisotopic (exact) mass is 381 g/mol. The Hall–Kier alpha value is -3.81. The summed E-state index contributed by atoms with van der Waals surface area (Å²) in [6.45, 7) is 1.93. The molecule has 0 unspecified atom stereocenters. The minimum atomic E-state index is -1.06. The van der Waals surface area contributed by atoms with E-state index in [1.807, 2.05) is 19.1 Å². The summed E-state index contributed by atoms with van der Waals surface area (Å²) in [6, 6.07) is 11.5. The summed E-state index contributed by atoms with van der Waals surface area (Å²) in [5.41, 5.74) is 1.23. The van der Waals surface area contributed by atoms with Gasteiger partial charge in [0.25, 0.3) is 5.56 Å². The first kappa shape index (κ1) is 19.0. The second-order valence-corrected chi connectivity index (χ2v) is 6.08. The molecule has 0 fully saturated rings. The molecular weight excluding hydrogens is 362 g/mol. The number of rotatable bonds is 6. The average molecular weight is 381 g/mol. The molecule has 0 bridgehead atoms. The maximum Gasteiger partial charge on any atom is 0.335 e. The van der Waals surface area contributed by atoms with Crippen LogP contribution < -0.4 is 20.3 Å². The number of carboxylic acids is 1. The Morgan fingerprint density at radius 3 is 2.64 bits per heavy atom. The Morgan fingerprint density at radius 2 is 1.93 bits per heavy atom. The number of ether oxygens (including phenoxy) is 2. The van der Waals surface area contributed by atoms with Crippen molar-refractivity contribution in [2.24, 2.45) is 7.05 Å². The number of anilines is 2. The number of methoxy groups -OCH3 is 1. The van der Waals surface area contributed by atoms with Crippen molar-refractivity contribution in [3.63, 3.8) is 0 Å². The number of nitrogens with zero attached hydrogens (tertiary/aromatic N) is 2. The van der Waals surface area contributed by atoms with Gasteiger partial charge in [0, 0.05) is 12.7 Å². The molecule has 0 saturated carbocycles. The molecule has 0 aliphatic carbocycles. The van der Waals surface area contributed by atoms with Crippen LogP contribution in [-0.4, -0.2) is 28.0 Å². The van der Waals surface area contributed by atoms with Gasteiger partial charge >= 0.3 is 5.97 Å². The van der Waals surface area contributed by atoms with E-state index in [2.05, 4.69) is 10.4 Å². The standard InChI is InChI=1S/C20H19N3O5/c1-12-7-8-15(16(9-12)27-3)28-17-11-21-23(2)19(24)18(17)22-14-6-4-5-13(10-14)20(25)26/h4-11,22H,1-3H3,(H,25,26). The number of carboxylic acid groups (broad SMARTS) is 1. The quantitative estimate of drug-likeness (QED) is 0.675. The summed E-state index contributed by atoms with van der Waals surface area (Å²) in [5, 5.41) is 16.1.